The number of nitrogens with zero attached hydrogens (tertiary/aromatic N) is 3. The van der Waals surface area contributed by atoms with Gasteiger partial charge < -0.3 is 4.42 Å². The average Bonchev–Trinajstić information content (AvgIpc) is 3.54. The summed E-state index contributed by atoms with van der Waals surface area (Å²) < 4.78 is 8.64. The summed E-state index contributed by atoms with van der Waals surface area (Å²) in [5, 5.41) is 7.03. The smallest absolute Gasteiger partial charge is 0.165 e. The fourth-order valence-electron chi connectivity index (χ4n) is 6.17. The molecule has 0 bridgehead atoms. The van der Waals surface area contributed by atoms with Gasteiger partial charge in [-0.05, 0) is 41.1 Å². The van der Waals surface area contributed by atoms with Gasteiger partial charge in [0, 0.05) is 33.2 Å². The van der Waals surface area contributed by atoms with Gasteiger partial charge in [-0.3, -0.25) is 4.57 Å². The van der Waals surface area contributed by atoms with Crippen LogP contribution in [0.25, 0.3) is 82.6 Å². The van der Waals surface area contributed by atoms with Crippen LogP contribution in [0.1, 0.15) is 0 Å². The molecule has 0 saturated carbocycles. The fraction of sp³-hybridized carbons (Fsp3) is 0. The Labute approximate surface area is 228 Å². The molecule has 6 aromatic carbocycles. The zero-order valence-corrected chi connectivity index (χ0v) is 21.4. The predicted octanol–water partition coefficient (Wildman–Crippen LogP) is 9.45. The fourth-order valence-corrected chi connectivity index (χ4v) is 6.17. The lowest BCUT2D eigenvalue weighted by Gasteiger charge is -2.13. The van der Waals surface area contributed by atoms with Gasteiger partial charge in [0.2, 0.25) is 0 Å². The Kier molecular flexibility index (Phi) is 4.30. The van der Waals surface area contributed by atoms with E-state index in [2.05, 4.69) is 77.4 Å². The van der Waals surface area contributed by atoms with Crippen LogP contribution in [-0.4, -0.2) is 14.5 Å². The van der Waals surface area contributed by atoms with E-state index in [-0.39, 0.29) is 0 Å². The molecule has 0 amide bonds. The van der Waals surface area contributed by atoms with Gasteiger partial charge >= 0.3 is 0 Å². The van der Waals surface area contributed by atoms with Crippen LogP contribution in [0.15, 0.2) is 132 Å². The molecule has 0 atom stereocenters. The Balaban J connectivity index is 1.51. The molecular formula is C36H21N3O. The van der Waals surface area contributed by atoms with E-state index in [1.165, 1.54) is 21.5 Å². The highest BCUT2D eigenvalue weighted by Gasteiger charge is 2.22. The Morgan fingerprint density at radius 2 is 1.23 bits per heavy atom. The van der Waals surface area contributed by atoms with Crippen LogP contribution < -0.4 is 0 Å². The summed E-state index contributed by atoms with van der Waals surface area (Å²) in [6.45, 7) is 0. The molecule has 0 fully saturated rings. The molecule has 0 unspecified atom stereocenters. The van der Waals surface area contributed by atoms with Crippen molar-refractivity contribution in [1.29, 1.82) is 0 Å². The van der Waals surface area contributed by atoms with E-state index >= 15 is 0 Å². The molecule has 4 nitrogen and oxygen atoms in total. The van der Waals surface area contributed by atoms with E-state index in [4.69, 9.17) is 14.4 Å². The van der Waals surface area contributed by atoms with Crippen molar-refractivity contribution in [2.45, 2.75) is 0 Å². The minimum absolute atomic E-state index is 0.802. The second-order valence-electron chi connectivity index (χ2n) is 10.2. The van der Waals surface area contributed by atoms with Crippen LogP contribution in [0.2, 0.25) is 0 Å². The van der Waals surface area contributed by atoms with Gasteiger partial charge in [-0.25, -0.2) is 9.97 Å². The van der Waals surface area contributed by atoms with Gasteiger partial charge in [0.25, 0.3) is 0 Å². The molecule has 186 valence electrons. The molecule has 0 aliphatic rings. The van der Waals surface area contributed by atoms with Crippen LogP contribution >= 0.6 is 0 Å². The first kappa shape index (κ1) is 21.5. The van der Waals surface area contributed by atoms with E-state index in [0.717, 1.165) is 61.1 Å². The van der Waals surface area contributed by atoms with Gasteiger partial charge in [-0.2, -0.15) is 0 Å². The third-order valence-corrected chi connectivity index (χ3v) is 7.96. The Hall–Kier alpha value is -5.48. The summed E-state index contributed by atoms with van der Waals surface area (Å²) in [6.07, 6.45) is 0. The predicted molar refractivity (Wildman–Crippen MR) is 164 cm³/mol. The second kappa shape index (κ2) is 8.01. The number of rotatable bonds is 2. The topological polar surface area (TPSA) is 43.9 Å². The number of furan rings is 1. The summed E-state index contributed by atoms with van der Waals surface area (Å²) in [5.74, 6) is 0.802. The third-order valence-electron chi connectivity index (χ3n) is 7.96. The van der Waals surface area contributed by atoms with Crippen molar-refractivity contribution in [3.8, 4) is 17.1 Å². The Bertz CT molecular complexity index is 2430. The molecule has 0 saturated heterocycles. The molecule has 0 aliphatic carbocycles. The number of fused-ring (bicyclic) bond motifs is 9. The largest absolute Gasteiger partial charge is 0.456 e. The quantitative estimate of drug-likeness (QED) is 0.232. The zero-order chi connectivity index (χ0) is 26.2. The van der Waals surface area contributed by atoms with Crippen molar-refractivity contribution in [1.82, 2.24) is 14.5 Å². The first-order valence-corrected chi connectivity index (χ1v) is 13.4. The van der Waals surface area contributed by atoms with Gasteiger partial charge in [-0.15, -0.1) is 0 Å². The van der Waals surface area contributed by atoms with Crippen LogP contribution in [0.3, 0.4) is 0 Å². The van der Waals surface area contributed by atoms with E-state index < -0.39 is 0 Å². The van der Waals surface area contributed by atoms with Crippen LogP contribution in [0.4, 0.5) is 0 Å². The Morgan fingerprint density at radius 3 is 2.10 bits per heavy atom. The molecule has 0 aliphatic heterocycles. The number of hydrogen-bond donors (Lipinski definition) is 0. The first-order chi connectivity index (χ1) is 19.8. The normalized spacial score (nSPS) is 12.0. The molecule has 40 heavy (non-hydrogen) atoms. The lowest BCUT2D eigenvalue weighted by atomic mass is 10.0. The first-order valence-electron chi connectivity index (χ1n) is 13.4. The van der Waals surface area contributed by atoms with E-state index in [0.29, 0.717) is 0 Å². The highest BCUT2D eigenvalue weighted by molar-refractivity contribution is 6.24. The minimum Gasteiger partial charge on any atom is -0.456 e. The van der Waals surface area contributed by atoms with E-state index in [1.807, 2.05) is 54.6 Å². The van der Waals surface area contributed by atoms with Crippen molar-refractivity contribution in [3.63, 3.8) is 0 Å². The summed E-state index contributed by atoms with van der Waals surface area (Å²) in [7, 11) is 0. The molecule has 4 heteroatoms. The standard InChI is InChI=1S/C36H21N3O/c1-2-11-23(12-3-1)35-36(38-29-16-8-7-15-28(29)37-35)39-30-19-18-22-10-4-5-13-24(22)34(30)27-20-26-25-14-6-9-17-32(25)40-33(26)21-31(27)39/h1-21H. The highest BCUT2D eigenvalue weighted by Crippen LogP contribution is 2.42. The van der Waals surface area contributed by atoms with Crippen LogP contribution in [0, 0.1) is 0 Å². The lowest BCUT2D eigenvalue weighted by molar-refractivity contribution is 0.669. The maximum Gasteiger partial charge on any atom is 0.165 e. The molecule has 9 rings (SSSR count). The molecule has 0 spiro atoms. The van der Waals surface area contributed by atoms with E-state index in [1.54, 1.807) is 0 Å². The van der Waals surface area contributed by atoms with Gasteiger partial charge in [-0.1, -0.05) is 91.0 Å². The molecule has 9 aromatic rings. The van der Waals surface area contributed by atoms with Crippen molar-refractivity contribution in [2.75, 3.05) is 0 Å². The number of hydrogen-bond acceptors (Lipinski definition) is 3. The summed E-state index contributed by atoms with van der Waals surface area (Å²) in [5.41, 5.74) is 7.48. The second-order valence-corrected chi connectivity index (χ2v) is 10.2. The van der Waals surface area contributed by atoms with Gasteiger partial charge in [0.05, 0.1) is 22.1 Å². The van der Waals surface area contributed by atoms with Gasteiger partial charge in [0.1, 0.15) is 16.9 Å². The molecular weight excluding hydrogens is 490 g/mol. The summed E-state index contributed by atoms with van der Waals surface area (Å²) >= 11 is 0. The highest BCUT2D eigenvalue weighted by atomic mass is 16.3. The molecule has 3 aromatic heterocycles. The van der Waals surface area contributed by atoms with Crippen molar-refractivity contribution >= 4 is 65.6 Å². The number of para-hydroxylation sites is 3. The van der Waals surface area contributed by atoms with Crippen LogP contribution in [0.5, 0.6) is 0 Å². The average molecular weight is 512 g/mol. The zero-order valence-electron chi connectivity index (χ0n) is 21.4. The van der Waals surface area contributed by atoms with Crippen molar-refractivity contribution in [3.05, 3.63) is 127 Å². The number of aromatic nitrogens is 3. The summed E-state index contributed by atoms with van der Waals surface area (Å²) in [4.78, 5) is 10.4. The van der Waals surface area contributed by atoms with Gasteiger partial charge in [0.15, 0.2) is 5.82 Å². The Morgan fingerprint density at radius 1 is 0.500 bits per heavy atom. The van der Waals surface area contributed by atoms with Crippen molar-refractivity contribution in [2.24, 2.45) is 0 Å². The van der Waals surface area contributed by atoms with E-state index in [9.17, 15) is 0 Å². The SMILES string of the molecule is c1ccc(-c2nc3ccccc3nc2-n2c3cc4oc5ccccc5c4cc3c3c4ccccc4ccc32)cc1. The summed E-state index contributed by atoms with van der Waals surface area (Å²) in [6, 6.07) is 44.1. The maximum atomic E-state index is 6.37. The molecule has 3 heterocycles. The van der Waals surface area contributed by atoms with Crippen LogP contribution in [-0.2, 0) is 0 Å². The lowest BCUT2D eigenvalue weighted by Crippen LogP contribution is -2.03. The minimum atomic E-state index is 0.802. The number of benzene rings is 6. The monoisotopic (exact) mass is 511 g/mol. The molecule has 0 radical (unpaired) electrons. The maximum absolute atomic E-state index is 6.37. The van der Waals surface area contributed by atoms with Crippen molar-refractivity contribution < 1.29 is 4.42 Å². The molecule has 0 N–H and O–H groups in total. The third kappa shape index (κ3) is 2.96.